The fourth-order valence-corrected chi connectivity index (χ4v) is 4.02. The SMILES string of the molecule is CCOC(=O)C1CSCc2c1c1ccccc1n2C. The molecule has 1 aromatic carbocycles. The second-order valence-electron chi connectivity index (χ2n) is 4.76. The van der Waals surface area contributed by atoms with E-state index >= 15 is 0 Å². The molecule has 0 spiro atoms. The maximum Gasteiger partial charge on any atom is 0.314 e. The molecule has 1 aromatic heterocycles. The number of para-hydroxylation sites is 1. The summed E-state index contributed by atoms with van der Waals surface area (Å²) in [5.41, 5.74) is 3.63. The average Bonchev–Trinajstić information content (AvgIpc) is 2.73. The topological polar surface area (TPSA) is 31.2 Å². The number of hydrogen-bond acceptors (Lipinski definition) is 3. The molecular weight excluding hydrogens is 258 g/mol. The van der Waals surface area contributed by atoms with Gasteiger partial charge in [-0.25, -0.2) is 0 Å². The third-order valence-electron chi connectivity index (χ3n) is 3.71. The number of aromatic nitrogens is 1. The predicted octanol–water partition coefficient (Wildman–Crippen LogP) is 3.07. The van der Waals surface area contributed by atoms with Gasteiger partial charge in [-0.05, 0) is 18.6 Å². The molecule has 3 nitrogen and oxygen atoms in total. The number of thioether (sulfide) groups is 1. The van der Waals surface area contributed by atoms with Crippen molar-refractivity contribution in [2.75, 3.05) is 12.4 Å². The first-order chi connectivity index (χ1) is 9.24. The Hall–Kier alpha value is -1.42. The van der Waals surface area contributed by atoms with Gasteiger partial charge >= 0.3 is 5.97 Å². The van der Waals surface area contributed by atoms with E-state index < -0.39 is 0 Å². The van der Waals surface area contributed by atoms with Crippen LogP contribution in [0.3, 0.4) is 0 Å². The van der Waals surface area contributed by atoms with Crippen molar-refractivity contribution in [1.29, 1.82) is 0 Å². The number of rotatable bonds is 2. The fourth-order valence-electron chi connectivity index (χ4n) is 2.82. The van der Waals surface area contributed by atoms with Crippen LogP contribution in [0.5, 0.6) is 0 Å². The van der Waals surface area contributed by atoms with Gasteiger partial charge in [-0.2, -0.15) is 11.8 Å². The largest absolute Gasteiger partial charge is 0.465 e. The van der Waals surface area contributed by atoms with Crippen LogP contribution < -0.4 is 0 Å². The summed E-state index contributed by atoms with van der Waals surface area (Å²) in [6.45, 7) is 2.30. The van der Waals surface area contributed by atoms with Gasteiger partial charge in [0.1, 0.15) is 0 Å². The van der Waals surface area contributed by atoms with Crippen molar-refractivity contribution in [3.05, 3.63) is 35.5 Å². The number of nitrogens with zero attached hydrogens (tertiary/aromatic N) is 1. The van der Waals surface area contributed by atoms with Gasteiger partial charge in [0.2, 0.25) is 0 Å². The van der Waals surface area contributed by atoms with Gasteiger partial charge in [-0.15, -0.1) is 0 Å². The Kier molecular flexibility index (Phi) is 3.27. The molecule has 0 saturated heterocycles. The van der Waals surface area contributed by atoms with Crippen LogP contribution in [0.1, 0.15) is 24.1 Å². The Morgan fingerprint density at radius 1 is 1.47 bits per heavy atom. The number of carbonyl (C=O) groups excluding carboxylic acids is 1. The Balaban J connectivity index is 2.18. The third-order valence-corrected chi connectivity index (χ3v) is 4.76. The Labute approximate surface area is 116 Å². The van der Waals surface area contributed by atoms with E-state index in [-0.39, 0.29) is 11.9 Å². The van der Waals surface area contributed by atoms with E-state index in [1.165, 1.54) is 22.2 Å². The van der Waals surface area contributed by atoms with Crippen LogP contribution in [0.15, 0.2) is 24.3 Å². The molecule has 0 bridgehead atoms. The molecule has 0 fully saturated rings. The van der Waals surface area contributed by atoms with Crippen molar-refractivity contribution in [3.63, 3.8) is 0 Å². The van der Waals surface area contributed by atoms with Crippen LogP contribution in [0.4, 0.5) is 0 Å². The zero-order valence-corrected chi connectivity index (χ0v) is 12.0. The van der Waals surface area contributed by atoms with Gasteiger partial charge in [-0.1, -0.05) is 18.2 Å². The van der Waals surface area contributed by atoms with E-state index in [0.717, 1.165) is 11.5 Å². The van der Waals surface area contributed by atoms with Gasteiger partial charge in [0, 0.05) is 35.2 Å². The highest BCUT2D eigenvalue weighted by atomic mass is 32.2. The molecule has 2 heterocycles. The van der Waals surface area contributed by atoms with Crippen LogP contribution >= 0.6 is 11.8 Å². The zero-order valence-electron chi connectivity index (χ0n) is 11.2. The molecule has 2 aromatic rings. The minimum absolute atomic E-state index is 0.0905. The van der Waals surface area contributed by atoms with Gasteiger partial charge in [0.15, 0.2) is 0 Å². The Morgan fingerprint density at radius 2 is 2.26 bits per heavy atom. The van der Waals surface area contributed by atoms with Gasteiger partial charge in [-0.3, -0.25) is 4.79 Å². The quantitative estimate of drug-likeness (QED) is 0.789. The summed E-state index contributed by atoms with van der Waals surface area (Å²) < 4.78 is 7.45. The van der Waals surface area contributed by atoms with Crippen LogP contribution in [0, 0.1) is 0 Å². The molecular formula is C15H17NO2S. The van der Waals surface area contributed by atoms with E-state index in [9.17, 15) is 4.79 Å². The molecule has 0 saturated carbocycles. The minimum atomic E-state index is -0.125. The number of hydrogen-bond donors (Lipinski definition) is 0. The molecule has 0 radical (unpaired) electrons. The van der Waals surface area contributed by atoms with Gasteiger partial charge in [0.25, 0.3) is 0 Å². The lowest BCUT2D eigenvalue weighted by atomic mass is 9.97. The molecule has 1 aliphatic heterocycles. The van der Waals surface area contributed by atoms with Crippen LogP contribution in [-0.2, 0) is 22.3 Å². The van der Waals surface area contributed by atoms with Crippen molar-refractivity contribution < 1.29 is 9.53 Å². The average molecular weight is 275 g/mol. The molecule has 0 N–H and O–H groups in total. The van der Waals surface area contributed by atoms with E-state index in [1.807, 2.05) is 30.8 Å². The Morgan fingerprint density at radius 3 is 3.05 bits per heavy atom. The van der Waals surface area contributed by atoms with Crippen molar-refractivity contribution in [2.24, 2.45) is 7.05 Å². The first-order valence-corrected chi connectivity index (χ1v) is 7.70. The number of carbonyl (C=O) groups is 1. The maximum atomic E-state index is 12.2. The predicted molar refractivity (Wildman–Crippen MR) is 78.5 cm³/mol. The van der Waals surface area contributed by atoms with Crippen molar-refractivity contribution in [2.45, 2.75) is 18.6 Å². The number of ether oxygens (including phenoxy) is 1. The van der Waals surface area contributed by atoms with Crippen molar-refractivity contribution in [1.82, 2.24) is 4.57 Å². The number of benzene rings is 1. The lowest BCUT2D eigenvalue weighted by Crippen LogP contribution is -2.22. The highest BCUT2D eigenvalue weighted by molar-refractivity contribution is 7.98. The molecule has 1 unspecified atom stereocenters. The normalized spacial score (nSPS) is 18.3. The molecule has 0 aliphatic carbocycles. The highest BCUT2D eigenvalue weighted by Crippen LogP contribution is 2.40. The van der Waals surface area contributed by atoms with E-state index in [4.69, 9.17) is 4.74 Å². The van der Waals surface area contributed by atoms with E-state index in [2.05, 4.69) is 23.7 Å². The Bertz CT molecular complexity index is 632. The number of esters is 1. The molecule has 19 heavy (non-hydrogen) atoms. The molecule has 3 rings (SSSR count). The zero-order chi connectivity index (χ0) is 13.4. The molecule has 100 valence electrons. The summed E-state index contributed by atoms with van der Waals surface area (Å²) >= 11 is 1.81. The number of fused-ring (bicyclic) bond motifs is 3. The van der Waals surface area contributed by atoms with Gasteiger partial charge in [0.05, 0.1) is 12.5 Å². The van der Waals surface area contributed by atoms with E-state index in [0.29, 0.717) is 6.61 Å². The number of aryl methyl sites for hydroxylation is 1. The smallest absolute Gasteiger partial charge is 0.314 e. The highest BCUT2D eigenvalue weighted by Gasteiger charge is 2.32. The molecule has 1 aliphatic rings. The molecule has 0 amide bonds. The third kappa shape index (κ3) is 1.94. The summed E-state index contributed by atoms with van der Waals surface area (Å²) in [5, 5.41) is 1.19. The monoisotopic (exact) mass is 275 g/mol. The molecule has 4 heteroatoms. The summed E-state index contributed by atoms with van der Waals surface area (Å²) in [7, 11) is 2.08. The second kappa shape index (κ2) is 4.93. The maximum absolute atomic E-state index is 12.2. The first kappa shape index (κ1) is 12.6. The van der Waals surface area contributed by atoms with Crippen LogP contribution in [0.2, 0.25) is 0 Å². The van der Waals surface area contributed by atoms with Crippen molar-refractivity contribution in [3.8, 4) is 0 Å². The van der Waals surface area contributed by atoms with E-state index in [1.54, 1.807) is 0 Å². The standard InChI is InChI=1S/C15H17NO2S/c1-3-18-15(17)11-8-19-9-13-14(11)10-6-4-5-7-12(10)16(13)2/h4-7,11H,3,8-9H2,1-2H3. The second-order valence-corrected chi connectivity index (χ2v) is 5.79. The lowest BCUT2D eigenvalue weighted by Gasteiger charge is -2.22. The van der Waals surface area contributed by atoms with Crippen LogP contribution in [-0.4, -0.2) is 22.9 Å². The lowest BCUT2D eigenvalue weighted by molar-refractivity contribution is -0.144. The molecule has 1 atom stereocenters. The van der Waals surface area contributed by atoms with Gasteiger partial charge < -0.3 is 9.30 Å². The fraction of sp³-hybridized carbons (Fsp3) is 0.400. The summed E-state index contributed by atoms with van der Waals surface area (Å²) in [6, 6.07) is 8.30. The summed E-state index contributed by atoms with van der Waals surface area (Å²) in [5.74, 6) is 1.57. The van der Waals surface area contributed by atoms with Crippen molar-refractivity contribution >= 4 is 28.6 Å². The summed E-state index contributed by atoms with van der Waals surface area (Å²) in [6.07, 6.45) is 0. The minimum Gasteiger partial charge on any atom is -0.465 e. The summed E-state index contributed by atoms with van der Waals surface area (Å²) in [4.78, 5) is 12.2. The van der Waals surface area contributed by atoms with Crippen LogP contribution in [0.25, 0.3) is 10.9 Å². The first-order valence-electron chi connectivity index (χ1n) is 6.54.